The van der Waals surface area contributed by atoms with E-state index in [1.807, 2.05) is 31.2 Å². The van der Waals surface area contributed by atoms with Crippen molar-refractivity contribution in [2.24, 2.45) is 0 Å². The van der Waals surface area contributed by atoms with Gasteiger partial charge < -0.3 is 10.5 Å². The lowest BCUT2D eigenvalue weighted by Crippen LogP contribution is -1.94. The van der Waals surface area contributed by atoms with Gasteiger partial charge in [-0.05, 0) is 52.7 Å². The first-order valence-corrected chi connectivity index (χ1v) is 6.87. The molecule has 20 heavy (non-hydrogen) atoms. The molecule has 2 aromatic heterocycles. The van der Waals surface area contributed by atoms with E-state index in [9.17, 15) is 0 Å². The summed E-state index contributed by atoms with van der Waals surface area (Å²) >= 11 is 3.42. The Morgan fingerprint density at radius 1 is 1.20 bits per heavy atom. The zero-order valence-corrected chi connectivity index (χ0v) is 12.4. The maximum atomic E-state index is 5.92. The monoisotopic (exact) mass is 329 g/mol. The minimum atomic E-state index is 0.542. The Morgan fingerprint density at radius 2 is 2.05 bits per heavy atom. The summed E-state index contributed by atoms with van der Waals surface area (Å²) in [5.41, 5.74) is 8.35. The SMILES string of the molecule is Cc1cc(Oc2ccc(N)c3ncccc23)ncc1Br. The van der Waals surface area contributed by atoms with E-state index in [-0.39, 0.29) is 0 Å². The number of nitrogens with zero attached hydrogens (tertiary/aromatic N) is 2. The lowest BCUT2D eigenvalue weighted by Gasteiger charge is -2.10. The quantitative estimate of drug-likeness (QED) is 0.720. The molecule has 5 heteroatoms. The molecule has 4 nitrogen and oxygen atoms in total. The second kappa shape index (κ2) is 5.09. The minimum Gasteiger partial charge on any atom is -0.438 e. The van der Waals surface area contributed by atoms with E-state index in [0.29, 0.717) is 17.3 Å². The lowest BCUT2D eigenvalue weighted by molar-refractivity contribution is 0.467. The van der Waals surface area contributed by atoms with Crippen LogP contribution in [0.1, 0.15) is 5.56 Å². The summed E-state index contributed by atoms with van der Waals surface area (Å²) in [6, 6.07) is 9.28. The van der Waals surface area contributed by atoms with E-state index in [4.69, 9.17) is 10.5 Å². The molecular weight excluding hydrogens is 318 g/mol. The van der Waals surface area contributed by atoms with Crippen LogP contribution in [0.4, 0.5) is 5.69 Å². The molecule has 1 aromatic carbocycles. The van der Waals surface area contributed by atoms with Crippen LogP contribution in [0, 0.1) is 6.92 Å². The van der Waals surface area contributed by atoms with Gasteiger partial charge >= 0.3 is 0 Å². The van der Waals surface area contributed by atoms with Crippen LogP contribution in [-0.2, 0) is 0 Å². The normalized spacial score (nSPS) is 10.7. The Balaban J connectivity index is 2.06. The van der Waals surface area contributed by atoms with E-state index in [1.165, 1.54) is 0 Å². The zero-order chi connectivity index (χ0) is 14.1. The summed E-state index contributed by atoms with van der Waals surface area (Å²) < 4.78 is 6.81. The molecule has 0 aliphatic rings. The Kier molecular flexibility index (Phi) is 3.28. The first kappa shape index (κ1) is 12.9. The molecule has 0 saturated carbocycles. The molecule has 3 rings (SSSR count). The van der Waals surface area contributed by atoms with Crippen LogP contribution in [0.25, 0.3) is 10.9 Å². The third kappa shape index (κ3) is 2.32. The molecule has 0 unspecified atom stereocenters. The van der Waals surface area contributed by atoms with Crippen LogP contribution in [0.5, 0.6) is 11.6 Å². The van der Waals surface area contributed by atoms with E-state index in [1.54, 1.807) is 18.5 Å². The van der Waals surface area contributed by atoms with Crippen LogP contribution < -0.4 is 10.5 Å². The fourth-order valence-electron chi connectivity index (χ4n) is 1.94. The van der Waals surface area contributed by atoms with Gasteiger partial charge in [0.2, 0.25) is 5.88 Å². The highest BCUT2D eigenvalue weighted by Crippen LogP contribution is 2.32. The molecule has 100 valence electrons. The van der Waals surface area contributed by atoms with Crippen LogP contribution in [0.15, 0.2) is 47.2 Å². The highest BCUT2D eigenvalue weighted by Gasteiger charge is 2.08. The van der Waals surface area contributed by atoms with E-state index < -0.39 is 0 Å². The van der Waals surface area contributed by atoms with Gasteiger partial charge in [0.1, 0.15) is 5.75 Å². The predicted octanol–water partition coefficient (Wildman–Crippen LogP) is 4.08. The van der Waals surface area contributed by atoms with Crippen molar-refractivity contribution in [3.63, 3.8) is 0 Å². The van der Waals surface area contributed by atoms with Crippen molar-refractivity contribution in [1.82, 2.24) is 9.97 Å². The number of anilines is 1. The highest BCUT2D eigenvalue weighted by molar-refractivity contribution is 9.10. The van der Waals surface area contributed by atoms with E-state index in [2.05, 4.69) is 25.9 Å². The van der Waals surface area contributed by atoms with E-state index in [0.717, 1.165) is 20.9 Å². The van der Waals surface area contributed by atoms with Crippen molar-refractivity contribution in [3.8, 4) is 11.6 Å². The standard InChI is InChI=1S/C15H12BrN3O/c1-9-7-14(19-8-11(9)16)20-13-5-4-12(17)15-10(13)3-2-6-18-15/h2-8H,17H2,1H3. The number of aryl methyl sites for hydroxylation is 1. The molecule has 2 N–H and O–H groups in total. The van der Waals surface area contributed by atoms with Gasteiger partial charge in [0.15, 0.2) is 0 Å². The molecule has 0 fully saturated rings. The summed E-state index contributed by atoms with van der Waals surface area (Å²) in [6.07, 6.45) is 3.44. The smallest absolute Gasteiger partial charge is 0.219 e. The number of nitrogens with two attached hydrogens (primary N) is 1. The Bertz CT molecular complexity index is 789. The van der Waals surface area contributed by atoms with Crippen LogP contribution in [-0.4, -0.2) is 9.97 Å². The van der Waals surface area contributed by atoms with Crippen LogP contribution in [0.3, 0.4) is 0 Å². The lowest BCUT2D eigenvalue weighted by atomic mass is 10.2. The number of halogens is 1. The van der Waals surface area contributed by atoms with Gasteiger partial charge in [-0.25, -0.2) is 4.98 Å². The first-order chi connectivity index (χ1) is 9.65. The molecule has 0 amide bonds. The average molecular weight is 330 g/mol. The molecule has 0 aliphatic carbocycles. The fourth-order valence-corrected chi connectivity index (χ4v) is 2.16. The third-order valence-electron chi connectivity index (χ3n) is 3.00. The van der Waals surface area contributed by atoms with Crippen molar-refractivity contribution < 1.29 is 4.74 Å². The summed E-state index contributed by atoms with van der Waals surface area (Å²) in [7, 11) is 0. The van der Waals surface area contributed by atoms with Gasteiger partial charge in [-0.2, -0.15) is 0 Å². The fraction of sp³-hybridized carbons (Fsp3) is 0.0667. The van der Waals surface area contributed by atoms with Crippen molar-refractivity contribution >= 4 is 32.5 Å². The van der Waals surface area contributed by atoms with Gasteiger partial charge in [-0.1, -0.05) is 0 Å². The van der Waals surface area contributed by atoms with Gasteiger partial charge in [-0.3, -0.25) is 4.98 Å². The number of aromatic nitrogens is 2. The minimum absolute atomic E-state index is 0.542. The van der Waals surface area contributed by atoms with Gasteiger partial charge in [0.05, 0.1) is 11.2 Å². The number of pyridine rings is 2. The molecule has 0 bridgehead atoms. The molecular formula is C15H12BrN3O. The zero-order valence-electron chi connectivity index (χ0n) is 10.8. The molecule has 0 aliphatic heterocycles. The maximum absolute atomic E-state index is 5.92. The molecule has 3 aromatic rings. The van der Waals surface area contributed by atoms with Crippen LogP contribution in [0.2, 0.25) is 0 Å². The Morgan fingerprint density at radius 3 is 2.85 bits per heavy atom. The molecule has 0 saturated heterocycles. The second-order valence-electron chi connectivity index (χ2n) is 4.43. The summed E-state index contributed by atoms with van der Waals surface area (Å²) in [6.45, 7) is 1.99. The summed E-state index contributed by atoms with van der Waals surface area (Å²) in [4.78, 5) is 8.52. The average Bonchev–Trinajstić information content (AvgIpc) is 2.46. The number of nitrogen functional groups attached to an aromatic ring is 1. The first-order valence-electron chi connectivity index (χ1n) is 6.08. The van der Waals surface area contributed by atoms with Crippen molar-refractivity contribution in [3.05, 3.63) is 52.8 Å². The molecule has 0 radical (unpaired) electrons. The second-order valence-corrected chi connectivity index (χ2v) is 5.28. The topological polar surface area (TPSA) is 61.0 Å². The van der Waals surface area contributed by atoms with Gasteiger partial charge in [0, 0.05) is 28.3 Å². The number of ether oxygens (including phenoxy) is 1. The summed E-state index contributed by atoms with van der Waals surface area (Å²) in [5.74, 6) is 1.23. The van der Waals surface area contributed by atoms with Crippen molar-refractivity contribution in [1.29, 1.82) is 0 Å². The molecule has 2 heterocycles. The van der Waals surface area contributed by atoms with E-state index >= 15 is 0 Å². The Labute approximate surface area is 124 Å². The number of fused-ring (bicyclic) bond motifs is 1. The summed E-state index contributed by atoms with van der Waals surface area (Å²) in [5, 5.41) is 0.870. The third-order valence-corrected chi connectivity index (χ3v) is 3.83. The Hall–Kier alpha value is -2.14. The molecule has 0 spiro atoms. The number of hydrogen-bond donors (Lipinski definition) is 1. The number of hydrogen-bond acceptors (Lipinski definition) is 4. The van der Waals surface area contributed by atoms with Crippen molar-refractivity contribution in [2.75, 3.05) is 5.73 Å². The number of benzene rings is 1. The van der Waals surface area contributed by atoms with Gasteiger partial charge in [-0.15, -0.1) is 0 Å². The highest BCUT2D eigenvalue weighted by atomic mass is 79.9. The number of rotatable bonds is 2. The van der Waals surface area contributed by atoms with Crippen LogP contribution >= 0.6 is 15.9 Å². The van der Waals surface area contributed by atoms with Gasteiger partial charge in [0.25, 0.3) is 0 Å². The largest absolute Gasteiger partial charge is 0.438 e. The predicted molar refractivity (Wildman–Crippen MR) is 82.9 cm³/mol. The maximum Gasteiger partial charge on any atom is 0.219 e. The van der Waals surface area contributed by atoms with Crippen molar-refractivity contribution in [2.45, 2.75) is 6.92 Å². The molecule has 0 atom stereocenters.